The number of carbonyl (C=O) groups is 1. The van der Waals surface area contributed by atoms with Gasteiger partial charge in [0.25, 0.3) is 15.7 Å². The highest BCUT2D eigenvalue weighted by atomic mass is 32.2. The van der Waals surface area contributed by atoms with Crippen LogP contribution >= 0.6 is 0 Å². The van der Waals surface area contributed by atoms with Gasteiger partial charge in [-0.1, -0.05) is 20.8 Å². The molecule has 1 aromatic heterocycles. The molecule has 1 spiro atoms. The van der Waals surface area contributed by atoms with Crippen LogP contribution in [0.3, 0.4) is 0 Å². The van der Waals surface area contributed by atoms with E-state index in [4.69, 9.17) is 18.1 Å². The molecule has 41 heavy (non-hydrogen) atoms. The van der Waals surface area contributed by atoms with Gasteiger partial charge in [-0.2, -0.15) is 8.42 Å². The number of amides is 2. The number of aromatic nitrogens is 2. The Morgan fingerprint density at radius 3 is 2.46 bits per heavy atom. The standard InChI is InChI=1S/C26H34N4O9SSi/c1-15-12-30(24(33)28-21(15)31)22-20(38-41(6,7)25(2,3)4)26-18(14-40(34,35)39-26)29(13-19(26)37-22)23(32)27-16-8-10-17(36-5)11-9-16/h8-12,14,19-20,22H,13H2,1-7H3,(H,27,32)(H,28,31,33)/t19-,20+,22-,26-/m1/s1. The number of likely N-dealkylation sites (tertiary alicyclic amines) is 1. The van der Waals surface area contributed by atoms with Crippen molar-refractivity contribution < 1.29 is 31.3 Å². The van der Waals surface area contributed by atoms with Gasteiger partial charge in [0.2, 0.25) is 0 Å². The van der Waals surface area contributed by atoms with E-state index in [1.54, 1.807) is 31.2 Å². The number of rotatable bonds is 5. The van der Waals surface area contributed by atoms with Crippen LogP contribution in [0.25, 0.3) is 0 Å². The number of benzene rings is 1. The predicted molar refractivity (Wildman–Crippen MR) is 152 cm³/mol. The van der Waals surface area contributed by atoms with Crippen molar-refractivity contribution >= 4 is 30.2 Å². The third-order valence-corrected chi connectivity index (χ3v) is 13.7. The molecule has 3 aliphatic heterocycles. The molecule has 4 atom stereocenters. The zero-order valence-electron chi connectivity index (χ0n) is 23.9. The molecule has 2 aromatic rings. The Kier molecular flexibility index (Phi) is 6.89. The number of anilines is 1. The molecule has 2 N–H and O–H groups in total. The van der Waals surface area contributed by atoms with E-state index >= 15 is 0 Å². The molecule has 222 valence electrons. The number of ether oxygens (including phenoxy) is 2. The molecule has 0 aliphatic carbocycles. The van der Waals surface area contributed by atoms with E-state index < -0.39 is 59.8 Å². The first-order chi connectivity index (χ1) is 19.0. The summed E-state index contributed by atoms with van der Waals surface area (Å²) < 4.78 is 51.3. The summed E-state index contributed by atoms with van der Waals surface area (Å²) in [4.78, 5) is 42.1. The third-order valence-electron chi connectivity index (χ3n) is 8.25. The molecule has 0 radical (unpaired) electrons. The minimum atomic E-state index is -4.26. The van der Waals surface area contributed by atoms with Crippen LogP contribution in [0.2, 0.25) is 18.1 Å². The molecule has 4 heterocycles. The summed E-state index contributed by atoms with van der Waals surface area (Å²) in [7, 11) is -5.41. The molecule has 0 unspecified atom stereocenters. The van der Waals surface area contributed by atoms with Crippen molar-refractivity contribution in [2.24, 2.45) is 0 Å². The van der Waals surface area contributed by atoms with Crippen molar-refractivity contribution in [2.75, 3.05) is 19.0 Å². The summed E-state index contributed by atoms with van der Waals surface area (Å²) in [6.07, 6.45) is -1.96. The maximum atomic E-state index is 13.5. The van der Waals surface area contributed by atoms with Crippen molar-refractivity contribution in [3.63, 3.8) is 0 Å². The van der Waals surface area contributed by atoms with Gasteiger partial charge in [-0.05, 0) is 49.3 Å². The summed E-state index contributed by atoms with van der Waals surface area (Å²) in [5.41, 5.74) is -2.27. The molecule has 0 bridgehead atoms. The monoisotopic (exact) mass is 606 g/mol. The summed E-state index contributed by atoms with van der Waals surface area (Å²) in [5.74, 6) is 0.605. The highest BCUT2D eigenvalue weighted by molar-refractivity contribution is 7.90. The number of hydrogen-bond acceptors (Lipinski definition) is 9. The smallest absolute Gasteiger partial charge is 0.330 e. The summed E-state index contributed by atoms with van der Waals surface area (Å²) in [5, 5.41) is 3.37. The first-order valence-corrected chi connectivity index (χ1v) is 17.4. The van der Waals surface area contributed by atoms with E-state index in [9.17, 15) is 22.8 Å². The normalized spacial score (nSPS) is 26.9. The van der Waals surface area contributed by atoms with Gasteiger partial charge in [0.1, 0.15) is 18.0 Å². The van der Waals surface area contributed by atoms with Gasteiger partial charge in [0.05, 0.1) is 24.8 Å². The molecule has 1 aromatic carbocycles. The Morgan fingerprint density at radius 1 is 1.20 bits per heavy atom. The molecule has 0 saturated carbocycles. The van der Waals surface area contributed by atoms with Gasteiger partial charge >= 0.3 is 11.7 Å². The van der Waals surface area contributed by atoms with Gasteiger partial charge in [-0.3, -0.25) is 19.2 Å². The number of nitrogens with zero attached hydrogens (tertiary/aromatic N) is 2. The van der Waals surface area contributed by atoms with E-state index in [0.29, 0.717) is 11.4 Å². The van der Waals surface area contributed by atoms with Gasteiger partial charge in [-0.15, -0.1) is 0 Å². The summed E-state index contributed by atoms with van der Waals surface area (Å²) in [6.45, 7) is 11.5. The second-order valence-corrected chi connectivity index (χ2v) is 18.1. The van der Waals surface area contributed by atoms with Crippen molar-refractivity contribution in [1.29, 1.82) is 0 Å². The number of carbonyl (C=O) groups excluding carboxylic acids is 1. The Bertz CT molecular complexity index is 1640. The first kappa shape index (κ1) is 29.3. The maximum absolute atomic E-state index is 13.5. The van der Waals surface area contributed by atoms with Crippen molar-refractivity contribution in [3.8, 4) is 5.75 Å². The fourth-order valence-corrected chi connectivity index (χ4v) is 7.62. The maximum Gasteiger partial charge on any atom is 0.330 e. The van der Waals surface area contributed by atoms with Gasteiger partial charge in [-0.25, -0.2) is 13.8 Å². The lowest BCUT2D eigenvalue weighted by Gasteiger charge is -2.42. The van der Waals surface area contributed by atoms with Crippen molar-refractivity contribution in [1.82, 2.24) is 14.5 Å². The summed E-state index contributed by atoms with van der Waals surface area (Å²) in [6, 6.07) is 6.07. The number of hydrogen-bond donors (Lipinski definition) is 2. The van der Waals surface area contributed by atoms with E-state index in [1.165, 1.54) is 22.8 Å². The predicted octanol–water partition coefficient (Wildman–Crippen LogP) is 2.63. The van der Waals surface area contributed by atoms with Gasteiger partial charge < -0.3 is 19.2 Å². The number of urea groups is 1. The highest BCUT2D eigenvalue weighted by Crippen LogP contribution is 2.56. The van der Waals surface area contributed by atoms with Crippen LogP contribution < -0.4 is 21.3 Å². The SMILES string of the molecule is COc1ccc(NC(=O)N2C[C@H]3O[C@@H](n4cc(C)c(=O)[nH]c4=O)[C@H](O[Si](C)(C)C(C)(C)C)[C@]34OS(=O)(=O)C=C24)cc1. The minimum absolute atomic E-state index is 0.0499. The van der Waals surface area contributed by atoms with Crippen LogP contribution in [-0.4, -0.2) is 68.7 Å². The zero-order chi connectivity index (χ0) is 30.1. The van der Waals surface area contributed by atoms with E-state index in [2.05, 4.69) is 10.3 Å². The largest absolute Gasteiger partial charge is 0.497 e. The Hall–Kier alpha value is -3.24. The average Bonchev–Trinajstić information content (AvgIpc) is 3.42. The minimum Gasteiger partial charge on any atom is -0.497 e. The van der Waals surface area contributed by atoms with Crippen molar-refractivity contribution in [3.05, 3.63) is 68.0 Å². The molecular weight excluding hydrogens is 572 g/mol. The van der Waals surface area contributed by atoms with Crippen LogP contribution in [0.4, 0.5) is 10.5 Å². The number of H-pyrrole nitrogens is 1. The second kappa shape index (κ2) is 9.66. The van der Waals surface area contributed by atoms with E-state index in [0.717, 1.165) is 5.41 Å². The Balaban J connectivity index is 1.59. The van der Waals surface area contributed by atoms with E-state index in [-0.39, 0.29) is 22.8 Å². The van der Waals surface area contributed by atoms with Crippen molar-refractivity contribution in [2.45, 2.75) is 69.9 Å². The Labute approximate surface area is 238 Å². The van der Waals surface area contributed by atoms with Crippen LogP contribution in [0.1, 0.15) is 32.6 Å². The fraction of sp³-hybridized carbons (Fsp3) is 0.500. The van der Waals surface area contributed by atoms with Gasteiger partial charge in [0.15, 0.2) is 20.1 Å². The number of nitrogens with one attached hydrogen (secondary N) is 2. The molecule has 5 rings (SSSR count). The lowest BCUT2D eigenvalue weighted by Crippen LogP contribution is -2.56. The van der Waals surface area contributed by atoms with Crippen LogP contribution in [0.15, 0.2) is 51.2 Å². The highest BCUT2D eigenvalue weighted by Gasteiger charge is 2.72. The lowest BCUT2D eigenvalue weighted by molar-refractivity contribution is -0.0404. The number of aromatic amines is 1. The van der Waals surface area contributed by atoms with E-state index in [1.807, 2.05) is 33.9 Å². The van der Waals surface area contributed by atoms with Crippen LogP contribution in [0, 0.1) is 6.92 Å². The third kappa shape index (κ3) is 4.84. The Morgan fingerprint density at radius 2 is 1.85 bits per heavy atom. The molecule has 15 heteroatoms. The molecule has 2 amide bonds. The molecular formula is C26H34N4O9SSi. The number of methoxy groups -OCH3 is 1. The van der Waals surface area contributed by atoms with Crippen LogP contribution in [-0.2, 0) is 23.5 Å². The molecule has 2 saturated heterocycles. The topological polar surface area (TPSA) is 158 Å². The van der Waals surface area contributed by atoms with Crippen LogP contribution in [0.5, 0.6) is 5.75 Å². The van der Waals surface area contributed by atoms with Gasteiger partial charge in [0, 0.05) is 17.4 Å². The summed E-state index contributed by atoms with van der Waals surface area (Å²) >= 11 is 0. The zero-order valence-corrected chi connectivity index (χ0v) is 25.7. The first-order valence-electron chi connectivity index (χ1n) is 13.0. The lowest BCUT2D eigenvalue weighted by atomic mass is 9.92. The quantitative estimate of drug-likeness (QED) is 0.386. The molecule has 13 nitrogen and oxygen atoms in total. The molecule has 2 fully saturated rings. The number of aryl methyl sites for hydroxylation is 1. The molecule has 3 aliphatic rings. The fourth-order valence-electron chi connectivity index (χ4n) is 5.04. The second-order valence-electron chi connectivity index (χ2n) is 11.9. The average molecular weight is 607 g/mol.